The van der Waals surface area contributed by atoms with Crippen LogP contribution in [-0.2, 0) is 16.1 Å². The molecule has 1 saturated heterocycles. The van der Waals surface area contributed by atoms with Crippen LogP contribution in [0.1, 0.15) is 30.4 Å². The first-order valence-corrected chi connectivity index (χ1v) is 7.29. The summed E-state index contributed by atoms with van der Waals surface area (Å²) in [6, 6.07) is 5.78. The Morgan fingerprint density at radius 3 is 3.05 bits per heavy atom. The molecule has 21 heavy (non-hydrogen) atoms. The largest absolute Gasteiger partial charge is 0.496 e. The van der Waals surface area contributed by atoms with Crippen molar-refractivity contribution in [2.75, 3.05) is 26.9 Å². The van der Waals surface area contributed by atoms with E-state index < -0.39 is 0 Å². The molecule has 2 rings (SSSR count). The third-order valence-corrected chi connectivity index (χ3v) is 3.34. The predicted octanol–water partition coefficient (Wildman–Crippen LogP) is 2.12. The molecule has 1 atom stereocenters. The Morgan fingerprint density at radius 1 is 1.43 bits per heavy atom. The fourth-order valence-corrected chi connectivity index (χ4v) is 2.27. The van der Waals surface area contributed by atoms with Gasteiger partial charge in [0.15, 0.2) is 0 Å². The minimum Gasteiger partial charge on any atom is -0.496 e. The van der Waals surface area contributed by atoms with Crippen LogP contribution in [0.3, 0.4) is 0 Å². The molecule has 1 aliphatic heterocycles. The van der Waals surface area contributed by atoms with Gasteiger partial charge in [0.05, 0.1) is 33.0 Å². The highest BCUT2D eigenvalue weighted by Gasteiger charge is 2.15. The molecule has 0 radical (unpaired) electrons. The van der Waals surface area contributed by atoms with Gasteiger partial charge in [-0.15, -0.1) is 0 Å². The van der Waals surface area contributed by atoms with Crippen molar-refractivity contribution >= 4 is 0 Å². The summed E-state index contributed by atoms with van der Waals surface area (Å²) < 4.78 is 16.6. The molecule has 1 N–H and O–H groups in total. The van der Waals surface area contributed by atoms with Gasteiger partial charge in [-0.1, -0.05) is 11.8 Å². The normalized spacial score (nSPS) is 17.3. The fourth-order valence-electron chi connectivity index (χ4n) is 2.27. The number of rotatable bonds is 6. The van der Waals surface area contributed by atoms with Crippen LogP contribution in [0.4, 0.5) is 0 Å². The van der Waals surface area contributed by atoms with E-state index in [4.69, 9.17) is 19.3 Å². The molecule has 1 aromatic rings. The molecule has 1 aliphatic rings. The third kappa shape index (κ3) is 5.05. The zero-order valence-electron chi connectivity index (χ0n) is 12.4. The topological polar surface area (TPSA) is 47.9 Å². The summed E-state index contributed by atoms with van der Waals surface area (Å²) in [4.78, 5) is 0. The van der Waals surface area contributed by atoms with Crippen LogP contribution >= 0.6 is 0 Å². The van der Waals surface area contributed by atoms with Gasteiger partial charge in [-0.25, -0.2) is 0 Å². The standard InChI is InChI=1S/C17H22O4/c1-19-17-8-7-14(5-2-3-9-18)11-15(17)12-20-13-16-6-4-10-21-16/h7-8,11,16,18H,3-4,6,9-10,12-13H2,1H3. The van der Waals surface area contributed by atoms with E-state index in [0.717, 1.165) is 36.3 Å². The van der Waals surface area contributed by atoms with Crippen LogP contribution in [0.25, 0.3) is 0 Å². The summed E-state index contributed by atoms with van der Waals surface area (Å²) in [6.45, 7) is 2.02. The van der Waals surface area contributed by atoms with E-state index in [1.165, 1.54) is 0 Å². The van der Waals surface area contributed by atoms with Crippen LogP contribution in [-0.4, -0.2) is 38.1 Å². The Bertz CT molecular complexity index is 495. The average Bonchev–Trinajstić information content (AvgIpc) is 3.01. The molecule has 1 unspecified atom stereocenters. The lowest BCUT2D eigenvalue weighted by Gasteiger charge is -2.12. The summed E-state index contributed by atoms with van der Waals surface area (Å²) in [5, 5.41) is 8.75. The van der Waals surface area contributed by atoms with Crippen LogP contribution < -0.4 is 4.74 Å². The highest BCUT2D eigenvalue weighted by Crippen LogP contribution is 2.21. The molecule has 0 spiro atoms. The van der Waals surface area contributed by atoms with Gasteiger partial charge in [-0.3, -0.25) is 0 Å². The monoisotopic (exact) mass is 290 g/mol. The second kappa shape index (κ2) is 8.68. The van der Waals surface area contributed by atoms with E-state index in [0.29, 0.717) is 19.6 Å². The Kier molecular flexibility index (Phi) is 6.55. The second-order valence-corrected chi connectivity index (χ2v) is 4.95. The molecule has 0 aromatic heterocycles. The summed E-state index contributed by atoms with van der Waals surface area (Å²) in [5.74, 6) is 6.74. The van der Waals surface area contributed by atoms with Crippen LogP contribution in [0.5, 0.6) is 5.75 Å². The molecule has 0 aliphatic carbocycles. The van der Waals surface area contributed by atoms with E-state index in [-0.39, 0.29) is 12.7 Å². The first kappa shape index (κ1) is 15.8. The third-order valence-electron chi connectivity index (χ3n) is 3.34. The zero-order chi connectivity index (χ0) is 14.9. The molecule has 4 heteroatoms. The molecular formula is C17H22O4. The lowest BCUT2D eigenvalue weighted by molar-refractivity contribution is 0.0101. The van der Waals surface area contributed by atoms with Crippen molar-refractivity contribution in [2.45, 2.75) is 32.0 Å². The van der Waals surface area contributed by atoms with Crippen molar-refractivity contribution in [1.82, 2.24) is 0 Å². The highest BCUT2D eigenvalue weighted by molar-refractivity contribution is 5.44. The van der Waals surface area contributed by atoms with Gasteiger partial charge < -0.3 is 19.3 Å². The molecule has 1 fully saturated rings. The van der Waals surface area contributed by atoms with Crippen molar-refractivity contribution in [3.63, 3.8) is 0 Å². The predicted molar refractivity (Wildman–Crippen MR) is 80.2 cm³/mol. The Morgan fingerprint density at radius 2 is 2.33 bits per heavy atom. The minimum absolute atomic E-state index is 0.0838. The maximum absolute atomic E-state index is 8.75. The van der Waals surface area contributed by atoms with Crippen molar-refractivity contribution in [3.8, 4) is 17.6 Å². The van der Waals surface area contributed by atoms with Crippen molar-refractivity contribution < 1.29 is 19.3 Å². The summed E-state index contributed by atoms with van der Waals surface area (Å²) in [5.41, 5.74) is 1.88. The Hall–Kier alpha value is -1.54. The Balaban J connectivity index is 1.95. The number of benzene rings is 1. The maximum Gasteiger partial charge on any atom is 0.124 e. The van der Waals surface area contributed by atoms with Crippen molar-refractivity contribution in [2.24, 2.45) is 0 Å². The first-order chi connectivity index (χ1) is 10.3. The van der Waals surface area contributed by atoms with Gasteiger partial charge in [0.2, 0.25) is 0 Å². The first-order valence-electron chi connectivity index (χ1n) is 7.29. The summed E-state index contributed by atoms with van der Waals surface area (Å²) >= 11 is 0. The van der Waals surface area contributed by atoms with Crippen molar-refractivity contribution in [1.29, 1.82) is 0 Å². The molecule has 1 heterocycles. The number of hydrogen-bond donors (Lipinski definition) is 1. The van der Waals surface area contributed by atoms with E-state index in [1.54, 1.807) is 7.11 Å². The van der Waals surface area contributed by atoms with Gasteiger partial charge in [0, 0.05) is 24.2 Å². The molecule has 0 amide bonds. The average molecular weight is 290 g/mol. The molecule has 1 aromatic carbocycles. The number of hydrogen-bond acceptors (Lipinski definition) is 4. The molecule has 0 bridgehead atoms. The zero-order valence-corrected chi connectivity index (χ0v) is 12.4. The number of aliphatic hydroxyl groups excluding tert-OH is 1. The fraction of sp³-hybridized carbons (Fsp3) is 0.529. The molecule has 0 saturated carbocycles. The summed E-state index contributed by atoms with van der Waals surface area (Å²) in [7, 11) is 1.65. The van der Waals surface area contributed by atoms with E-state index in [9.17, 15) is 0 Å². The second-order valence-electron chi connectivity index (χ2n) is 4.95. The van der Waals surface area contributed by atoms with Gasteiger partial charge in [-0.2, -0.15) is 0 Å². The number of methoxy groups -OCH3 is 1. The van der Waals surface area contributed by atoms with Crippen LogP contribution in [0.15, 0.2) is 18.2 Å². The molecular weight excluding hydrogens is 268 g/mol. The number of ether oxygens (including phenoxy) is 3. The maximum atomic E-state index is 8.75. The Labute approximate surface area is 126 Å². The van der Waals surface area contributed by atoms with Gasteiger partial charge >= 0.3 is 0 Å². The van der Waals surface area contributed by atoms with Gasteiger partial charge in [0.1, 0.15) is 5.75 Å². The van der Waals surface area contributed by atoms with E-state index in [1.807, 2.05) is 18.2 Å². The van der Waals surface area contributed by atoms with Gasteiger partial charge in [0.25, 0.3) is 0 Å². The SMILES string of the molecule is COc1ccc(C#CCCO)cc1COCC1CCCO1. The minimum atomic E-state index is 0.0838. The van der Waals surface area contributed by atoms with Crippen LogP contribution in [0, 0.1) is 11.8 Å². The van der Waals surface area contributed by atoms with Gasteiger partial charge in [-0.05, 0) is 31.0 Å². The van der Waals surface area contributed by atoms with Crippen LogP contribution in [0.2, 0.25) is 0 Å². The lowest BCUT2D eigenvalue weighted by Crippen LogP contribution is -2.14. The highest BCUT2D eigenvalue weighted by atomic mass is 16.5. The molecule has 114 valence electrons. The molecule has 4 nitrogen and oxygen atoms in total. The number of aliphatic hydroxyl groups is 1. The van der Waals surface area contributed by atoms with E-state index >= 15 is 0 Å². The summed E-state index contributed by atoms with van der Waals surface area (Å²) in [6.07, 6.45) is 2.90. The smallest absolute Gasteiger partial charge is 0.124 e. The van der Waals surface area contributed by atoms with E-state index in [2.05, 4.69) is 11.8 Å². The van der Waals surface area contributed by atoms with Crippen molar-refractivity contribution in [3.05, 3.63) is 29.3 Å². The quantitative estimate of drug-likeness (QED) is 0.815. The lowest BCUT2D eigenvalue weighted by atomic mass is 10.1.